The first kappa shape index (κ1) is 23.4. The van der Waals surface area contributed by atoms with Gasteiger partial charge in [0.2, 0.25) is 0 Å². The molecule has 8 nitrogen and oxygen atoms in total. The number of halogens is 2. The fourth-order valence-electron chi connectivity index (χ4n) is 2.44. The average molecular weight is 481 g/mol. The Labute approximate surface area is 186 Å². The lowest BCUT2D eigenvalue weighted by molar-refractivity contribution is -0.123. The smallest absolute Gasteiger partial charge is 0.357 e. The fraction of sp³-hybridized carbons (Fsp3) is 0.200. The first-order valence-electron chi connectivity index (χ1n) is 9.08. The Morgan fingerprint density at radius 3 is 2.62 bits per heavy atom. The SMILES string of the molecule is CC(OC(=O)c1cc(N=S(C)(C)=O)ccn1)C(=O)Nc1nc(-c2ccc(F)c(F)c2)cs1. The molecule has 3 aromatic rings. The van der Waals surface area contributed by atoms with Crippen molar-refractivity contribution in [1.82, 2.24) is 9.97 Å². The van der Waals surface area contributed by atoms with Crippen LogP contribution in [-0.4, -0.2) is 44.7 Å². The highest BCUT2D eigenvalue weighted by Gasteiger charge is 2.21. The summed E-state index contributed by atoms with van der Waals surface area (Å²) < 4.78 is 47.4. The summed E-state index contributed by atoms with van der Waals surface area (Å²) >= 11 is 1.07. The number of rotatable bonds is 6. The van der Waals surface area contributed by atoms with Gasteiger partial charge < -0.3 is 4.74 Å². The van der Waals surface area contributed by atoms with Crippen LogP contribution in [-0.2, 0) is 19.3 Å². The van der Waals surface area contributed by atoms with Gasteiger partial charge in [0.05, 0.1) is 11.4 Å². The summed E-state index contributed by atoms with van der Waals surface area (Å²) in [7, 11) is -2.43. The number of carbonyl (C=O) groups excluding carboxylic acids is 2. The number of carbonyl (C=O) groups is 2. The maximum Gasteiger partial charge on any atom is 0.357 e. The summed E-state index contributed by atoms with van der Waals surface area (Å²) in [6, 6.07) is 6.16. The van der Waals surface area contributed by atoms with E-state index in [-0.39, 0.29) is 10.8 Å². The molecular formula is C20H18F2N4O4S2. The summed E-state index contributed by atoms with van der Waals surface area (Å²) in [5.41, 5.74) is 0.901. The average Bonchev–Trinajstić information content (AvgIpc) is 3.17. The van der Waals surface area contributed by atoms with Crippen molar-refractivity contribution in [3.8, 4) is 11.3 Å². The summed E-state index contributed by atoms with van der Waals surface area (Å²) in [5, 5.41) is 4.26. The molecule has 12 heteroatoms. The van der Waals surface area contributed by atoms with Gasteiger partial charge in [-0.05, 0) is 37.3 Å². The number of nitrogens with one attached hydrogen (secondary N) is 1. The molecule has 1 atom stereocenters. The predicted octanol–water partition coefficient (Wildman–Crippen LogP) is 4.03. The minimum absolute atomic E-state index is 0.0931. The molecule has 0 aliphatic rings. The van der Waals surface area contributed by atoms with Gasteiger partial charge in [0, 0.05) is 39.4 Å². The molecule has 2 heterocycles. The highest BCUT2D eigenvalue weighted by atomic mass is 32.2. The Morgan fingerprint density at radius 1 is 1.19 bits per heavy atom. The van der Waals surface area contributed by atoms with E-state index in [1.165, 1.54) is 43.8 Å². The molecule has 0 aliphatic carbocycles. The van der Waals surface area contributed by atoms with Crippen molar-refractivity contribution in [3.63, 3.8) is 0 Å². The third-order valence-corrected chi connectivity index (χ3v) is 5.29. The molecule has 32 heavy (non-hydrogen) atoms. The van der Waals surface area contributed by atoms with Crippen LogP contribution >= 0.6 is 11.3 Å². The number of nitrogens with zero attached hydrogens (tertiary/aromatic N) is 3. The number of pyridine rings is 1. The minimum Gasteiger partial charge on any atom is -0.448 e. The van der Waals surface area contributed by atoms with Gasteiger partial charge in [-0.15, -0.1) is 11.3 Å². The Morgan fingerprint density at radius 2 is 1.94 bits per heavy atom. The van der Waals surface area contributed by atoms with Gasteiger partial charge >= 0.3 is 5.97 Å². The topological polar surface area (TPSA) is 111 Å². The second-order valence-corrected chi connectivity index (χ2v) is 10.3. The molecule has 2 aromatic heterocycles. The molecular weight excluding hydrogens is 462 g/mol. The normalized spacial score (nSPS) is 12.2. The first-order valence-corrected chi connectivity index (χ1v) is 12.3. The number of hydrogen-bond donors (Lipinski definition) is 1. The van der Waals surface area contributed by atoms with Crippen molar-refractivity contribution >= 4 is 43.8 Å². The van der Waals surface area contributed by atoms with Crippen LogP contribution < -0.4 is 5.32 Å². The third-order valence-electron chi connectivity index (χ3n) is 3.88. The fourth-order valence-corrected chi connectivity index (χ4v) is 3.79. The van der Waals surface area contributed by atoms with Gasteiger partial charge in [0.15, 0.2) is 28.6 Å². The number of ether oxygens (including phenoxy) is 1. The highest BCUT2D eigenvalue weighted by Crippen LogP contribution is 2.26. The number of anilines is 1. The van der Waals surface area contributed by atoms with E-state index in [4.69, 9.17) is 4.74 Å². The molecule has 1 amide bonds. The summed E-state index contributed by atoms with van der Waals surface area (Å²) in [6.45, 7) is 1.37. The Kier molecular flexibility index (Phi) is 6.94. The van der Waals surface area contributed by atoms with Crippen LogP contribution in [0.4, 0.5) is 19.6 Å². The van der Waals surface area contributed by atoms with E-state index in [2.05, 4.69) is 19.6 Å². The monoisotopic (exact) mass is 480 g/mol. The Bertz CT molecular complexity index is 1290. The lowest BCUT2D eigenvalue weighted by Gasteiger charge is -2.12. The van der Waals surface area contributed by atoms with Gasteiger partial charge in [0.25, 0.3) is 5.91 Å². The number of thiazole rings is 1. The largest absolute Gasteiger partial charge is 0.448 e. The summed E-state index contributed by atoms with van der Waals surface area (Å²) in [5.74, 6) is -3.48. The van der Waals surface area contributed by atoms with Gasteiger partial charge in [-0.25, -0.2) is 27.8 Å². The first-order chi connectivity index (χ1) is 15.0. The molecule has 0 saturated carbocycles. The van der Waals surface area contributed by atoms with E-state index >= 15 is 0 Å². The summed E-state index contributed by atoms with van der Waals surface area (Å²) in [6.07, 6.45) is 3.05. The van der Waals surface area contributed by atoms with Crippen LogP contribution in [0.2, 0.25) is 0 Å². The number of esters is 1. The van der Waals surface area contributed by atoms with Crippen LogP contribution in [0.3, 0.4) is 0 Å². The molecule has 0 radical (unpaired) electrons. The van der Waals surface area contributed by atoms with Gasteiger partial charge in [-0.1, -0.05) is 0 Å². The lowest BCUT2D eigenvalue weighted by Crippen LogP contribution is -2.30. The van der Waals surface area contributed by atoms with Crippen LogP contribution in [0.25, 0.3) is 11.3 Å². The van der Waals surface area contributed by atoms with Crippen LogP contribution in [0.1, 0.15) is 17.4 Å². The van der Waals surface area contributed by atoms with E-state index in [1.807, 2.05) is 0 Å². The van der Waals surface area contributed by atoms with Crippen molar-refractivity contribution in [3.05, 3.63) is 59.2 Å². The molecule has 0 spiro atoms. The van der Waals surface area contributed by atoms with Crippen molar-refractivity contribution in [2.75, 3.05) is 17.8 Å². The second-order valence-electron chi connectivity index (χ2n) is 6.88. The molecule has 0 bridgehead atoms. The van der Waals surface area contributed by atoms with Crippen LogP contribution in [0.5, 0.6) is 0 Å². The van der Waals surface area contributed by atoms with E-state index < -0.39 is 39.3 Å². The molecule has 0 aliphatic heterocycles. The number of benzene rings is 1. The van der Waals surface area contributed by atoms with E-state index in [9.17, 15) is 22.6 Å². The molecule has 3 rings (SSSR count). The van der Waals surface area contributed by atoms with E-state index in [0.717, 1.165) is 23.5 Å². The molecule has 1 unspecified atom stereocenters. The van der Waals surface area contributed by atoms with Crippen LogP contribution in [0, 0.1) is 11.6 Å². The maximum atomic E-state index is 13.4. The lowest BCUT2D eigenvalue weighted by atomic mass is 10.2. The molecule has 0 fully saturated rings. The number of hydrogen-bond acceptors (Lipinski definition) is 8. The second kappa shape index (κ2) is 9.49. The summed E-state index contributed by atoms with van der Waals surface area (Å²) in [4.78, 5) is 32.7. The maximum absolute atomic E-state index is 13.4. The molecule has 0 saturated heterocycles. The quantitative estimate of drug-likeness (QED) is 0.534. The zero-order valence-corrected chi connectivity index (χ0v) is 18.8. The van der Waals surface area contributed by atoms with Crippen molar-refractivity contribution in [2.45, 2.75) is 13.0 Å². The van der Waals surface area contributed by atoms with Gasteiger partial charge in [-0.3, -0.25) is 10.1 Å². The molecule has 168 valence electrons. The van der Waals surface area contributed by atoms with Crippen LogP contribution in [0.15, 0.2) is 46.3 Å². The van der Waals surface area contributed by atoms with E-state index in [1.54, 1.807) is 5.38 Å². The Balaban J connectivity index is 1.65. The van der Waals surface area contributed by atoms with Crippen molar-refractivity contribution < 1.29 is 27.3 Å². The number of aromatic nitrogens is 2. The predicted molar refractivity (Wildman–Crippen MR) is 117 cm³/mol. The van der Waals surface area contributed by atoms with Gasteiger partial charge in [-0.2, -0.15) is 4.36 Å². The molecule has 1 N–H and O–H groups in total. The Hall–Kier alpha value is -3.25. The molecule has 1 aromatic carbocycles. The zero-order chi connectivity index (χ0) is 23.5. The minimum atomic E-state index is -2.43. The zero-order valence-electron chi connectivity index (χ0n) is 17.2. The number of amides is 1. The van der Waals surface area contributed by atoms with E-state index in [0.29, 0.717) is 16.9 Å². The standard InChI is InChI=1S/C20H18F2N4O4S2/c1-11(30-19(28)16-9-13(6-7-23-16)26-32(2,3)29)18(27)25-20-24-17(10-31-20)12-4-5-14(21)15(22)8-12/h4-11H,1-3H3,(H,24,25,27). The third kappa shape index (κ3) is 6.14. The van der Waals surface area contributed by atoms with Crippen molar-refractivity contribution in [2.24, 2.45) is 4.36 Å². The van der Waals surface area contributed by atoms with Crippen molar-refractivity contribution in [1.29, 1.82) is 0 Å². The highest BCUT2D eigenvalue weighted by molar-refractivity contribution is 7.92. The van der Waals surface area contributed by atoms with Gasteiger partial charge in [0.1, 0.15) is 0 Å².